The predicted molar refractivity (Wildman–Crippen MR) is 108 cm³/mol. The van der Waals surface area contributed by atoms with Crippen LogP contribution < -0.4 is 14.8 Å². The Labute approximate surface area is 178 Å². The number of ether oxygens (including phenoxy) is 2. The van der Waals surface area contributed by atoms with E-state index in [2.05, 4.69) is 5.32 Å². The van der Waals surface area contributed by atoms with Crippen LogP contribution in [0, 0.1) is 5.82 Å². The lowest BCUT2D eigenvalue weighted by Crippen LogP contribution is -2.37. The molecule has 11 heteroatoms. The molecule has 8 nitrogen and oxygen atoms in total. The highest BCUT2D eigenvalue weighted by molar-refractivity contribution is 7.87. The molecule has 0 radical (unpaired) electrons. The molecular formula is C19H19ClFN3O5S. The Morgan fingerprint density at radius 2 is 1.80 bits per heavy atom. The van der Waals surface area contributed by atoms with Crippen molar-refractivity contribution in [1.82, 2.24) is 8.61 Å². The topological polar surface area (TPSA) is 88.2 Å². The van der Waals surface area contributed by atoms with Crippen LogP contribution in [0.3, 0.4) is 0 Å². The third-order valence-corrected chi connectivity index (χ3v) is 7.04. The van der Waals surface area contributed by atoms with Crippen molar-refractivity contribution in [2.75, 3.05) is 38.2 Å². The van der Waals surface area contributed by atoms with Gasteiger partial charge in [0.05, 0.1) is 6.54 Å². The largest absolute Gasteiger partial charge is 0.486 e. The molecule has 2 aromatic rings. The number of halogens is 2. The van der Waals surface area contributed by atoms with E-state index in [9.17, 15) is 17.6 Å². The summed E-state index contributed by atoms with van der Waals surface area (Å²) in [4.78, 5) is 12.4. The second kappa shape index (κ2) is 8.38. The second-order valence-corrected chi connectivity index (χ2v) is 9.15. The van der Waals surface area contributed by atoms with Crippen LogP contribution in [0.4, 0.5) is 10.1 Å². The molecule has 2 heterocycles. The molecule has 2 aromatic carbocycles. The van der Waals surface area contributed by atoms with E-state index >= 15 is 0 Å². The van der Waals surface area contributed by atoms with Gasteiger partial charge in [-0.05, 0) is 29.8 Å². The van der Waals surface area contributed by atoms with Gasteiger partial charge in [0.25, 0.3) is 10.2 Å². The van der Waals surface area contributed by atoms with Gasteiger partial charge < -0.3 is 14.8 Å². The number of nitrogens with one attached hydrogen (secondary N) is 1. The van der Waals surface area contributed by atoms with Crippen molar-refractivity contribution in [3.05, 3.63) is 52.8 Å². The molecular weight excluding hydrogens is 437 g/mol. The molecule has 1 N–H and O–H groups in total. The van der Waals surface area contributed by atoms with Crippen LogP contribution >= 0.6 is 11.6 Å². The molecule has 0 aromatic heterocycles. The number of benzene rings is 2. The first kappa shape index (κ1) is 20.9. The van der Waals surface area contributed by atoms with Crippen LogP contribution in [0.1, 0.15) is 5.56 Å². The Hall–Kier alpha value is -2.40. The first-order valence-corrected chi connectivity index (χ1v) is 11.0. The lowest BCUT2D eigenvalue weighted by atomic mass is 10.2. The van der Waals surface area contributed by atoms with Crippen molar-refractivity contribution in [3.63, 3.8) is 0 Å². The fourth-order valence-corrected chi connectivity index (χ4v) is 5.02. The first-order valence-electron chi connectivity index (χ1n) is 9.21. The van der Waals surface area contributed by atoms with Crippen molar-refractivity contribution in [2.24, 2.45) is 0 Å². The van der Waals surface area contributed by atoms with Gasteiger partial charge in [0.1, 0.15) is 19.0 Å². The maximum absolute atomic E-state index is 13.2. The zero-order chi connectivity index (χ0) is 21.3. The summed E-state index contributed by atoms with van der Waals surface area (Å²) >= 11 is 6.00. The van der Waals surface area contributed by atoms with Crippen molar-refractivity contribution in [1.29, 1.82) is 0 Å². The minimum atomic E-state index is -3.85. The highest BCUT2D eigenvalue weighted by Crippen LogP contribution is 2.32. The van der Waals surface area contributed by atoms with Crippen LogP contribution in [0.15, 0.2) is 36.4 Å². The molecule has 1 saturated heterocycles. The highest BCUT2D eigenvalue weighted by atomic mass is 35.5. The third kappa shape index (κ3) is 4.36. The minimum absolute atomic E-state index is 0.00171. The van der Waals surface area contributed by atoms with Gasteiger partial charge in [-0.3, -0.25) is 4.79 Å². The summed E-state index contributed by atoms with van der Waals surface area (Å²) in [6.45, 7) is 0.921. The van der Waals surface area contributed by atoms with E-state index in [1.54, 1.807) is 18.2 Å². The second-order valence-electron chi connectivity index (χ2n) is 6.82. The Morgan fingerprint density at radius 3 is 2.57 bits per heavy atom. The number of amides is 1. The predicted octanol–water partition coefficient (Wildman–Crippen LogP) is 2.25. The summed E-state index contributed by atoms with van der Waals surface area (Å²) in [6, 6.07) is 8.79. The quantitative estimate of drug-likeness (QED) is 0.747. The number of carbonyl (C=O) groups excluding carboxylic acids is 1. The fraction of sp³-hybridized carbons (Fsp3) is 0.316. The third-order valence-electron chi connectivity index (χ3n) is 4.76. The van der Waals surface area contributed by atoms with Gasteiger partial charge in [-0.25, -0.2) is 4.39 Å². The number of anilines is 1. The molecule has 4 rings (SSSR count). The molecule has 0 saturated carbocycles. The zero-order valence-electron chi connectivity index (χ0n) is 15.8. The SMILES string of the molecule is O=C(CN1CCN(Cc2ccc(F)cc2Cl)S1(=O)=O)Nc1ccc2c(c1)OCCO2. The molecule has 0 aliphatic carbocycles. The lowest BCUT2D eigenvalue weighted by molar-refractivity contribution is -0.116. The normalized spacial score (nSPS) is 18.3. The summed E-state index contributed by atoms with van der Waals surface area (Å²) in [7, 11) is -3.85. The van der Waals surface area contributed by atoms with Crippen molar-refractivity contribution in [2.45, 2.75) is 6.54 Å². The van der Waals surface area contributed by atoms with Crippen molar-refractivity contribution >= 4 is 33.4 Å². The highest BCUT2D eigenvalue weighted by Gasteiger charge is 2.37. The monoisotopic (exact) mass is 455 g/mol. The van der Waals surface area contributed by atoms with Gasteiger partial charge in [0.15, 0.2) is 11.5 Å². The van der Waals surface area contributed by atoms with Gasteiger partial charge in [0.2, 0.25) is 5.91 Å². The molecule has 2 aliphatic rings. The molecule has 2 aliphatic heterocycles. The molecule has 0 spiro atoms. The van der Waals surface area contributed by atoms with Gasteiger partial charge >= 0.3 is 0 Å². The summed E-state index contributed by atoms with van der Waals surface area (Å²) in [5.74, 6) is 0.147. The van der Waals surface area contributed by atoms with Gasteiger partial charge in [-0.2, -0.15) is 17.0 Å². The summed E-state index contributed by atoms with van der Waals surface area (Å²) in [6.07, 6.45) is 0. The van der Waals surface area contributed by atoms with Crippen LogP contribution in [0.25, 0.3) is 0 Å². The number of nitrogens with zero attached hydrogens (tertiary/aromatic N) is 2. The van der Waals surface area contributed by atoms with E-state index in [0.29, 0.717) is 36.0 Å². The Balaban J connectivity index is 1.39. The number of hydrogen-bond donors (Lipinski definition) is 1. The standard InChI is InChI=1S/C19H19ClFN3O5S/c20-16-9-14(21)2-1-13(16)11-23-5-6-24(30(23,26)27)12-19(25)22-15-3-4-17-18(10-15)29-8-7-28-17/h1-4,9-10H,5-8,11-12H2,(H,22,25). The van der Waals surface area contributed by atoms with E-state index in [-0.39, 0.29) is 31.2 Å². The molecule has 0 atom stereocenters. The molecule has 0 bridgehead atoms. The molecule has 1 fully saturated rings. The van der Waals surface area contributed by atoms with Gasteiger partial charge in [-0.1, -0.05) is 17.7 Å². The summed E-state index contributed by atoms with van der Waals surface area (Å²) in [5, 5.41) is 2.83. The Morgan fingerprint density at radius 1 is 1.07 bits per heavy atom. The average Bonchev–Trinajstić information content (AvgIpc) is 2.97. The van der Waals surface area contributed by atoms with E-state index in [0.717, 1.165) is 10.4 Å². The number of rotatable bonds is 5. The van der Waals surface area contributed by atoms with Crippen LogP contribution in [-0.4, -0.2) is 55.8 Å². The van der Waals surface area contributed by atoms with Crippen LogP contribution in [0.5, 0.6) is 11.5 Å². The maximum atomic E-state index is 13.2. The average molecular weight is 456 g/mol. The molecule has 160 valence electrons. The van der Waals surface area contributed by atoms with Crippen molar-refractivity contribution < 1.29 is 27.1 Å². The summed E-state index contributed by atoms with van der Waals surface area (Å²) < 4.78 is 52.0. The minimum Gasteiger partial charge on any atom is -0.486 e. The van der Waals surface area contributed by atoms with E-state index in [1.165, 1.54) is 16.4 Å². The van der Waals surface area contributed by atoms with Crippen LogP contribution in [0.2, 0.25) is 5.02 Å². The molecule has 0 unspecified atom stereocenters. The summed E-state index contributed by atoms with van der Waals surface area (Å²) in [5.41, 5.74) is 0.972. The van der Waals surface area contributed by atoms with Crippen molar-refractivity contribution in [3.8, 4) is 11.5 Å². The van der Waals surface area contributed by atoms with Crippen LogP contribution in [-0.2, 0) is 21.5 Å². The number of hydrogen-bond acceptors (Lipinski definition) is 5. The zero-order valence-corrected chi connectivity index (χ0v) is 17.4. The first-order chi connectivity index (χ1) is 14.3. The number of fused-ring (bicyclic) bond motifs is 1. The van der Waals surface area contributed by atoms with E-state index in [4.69, 9.17) is 21.1 Å². The lowest BCUT2D eigenvalue weighted by Gasteiger charge is -2.20. The number of carbonyl (C=O) groups is 1. The fourth-order valence-electron chi connectivity index (χ4n) is 3.26. The molecule has 30 heavy (non-hydrogen) atoms. The Kier molecular flexibility index (Phi) is 5.83. The maximum Gasteiger partial charge on any atom is 0.282 e. The molecule has 1 amide bonds. The van der Waals surface area contributed by atoms with E-state index < -0.39 is 21.9 Å². The smallest absolute Gasteiger partial charge is 0.282 e. The van der Waals surface area contributed by atoms with E-state index in [1.807, 2.05) is 0 Å². The Bertz CT molecular complexity index is 1080. The van der Waals surface area contributed by atoms with Gasteiger partial charge in [0, 0.05) is 36.4 Å². The van der Waals surface area contributed by atoms with Gasteiger partial charge in [-0.15, -0.1) is 0 Å².